The van der Waals surface area contributed by atoms with E-state index < -0.39 is 0 Å². The van der Waals surface area contributed by atoms with Crippen LogP contribution in [-0.4, -0.2) is 37.8 Å². The minimum absolute atomic E-state index is 0.694. The number of hydrogen-bond donors (Lipinski definition) is 0. The Morgan fingerprint density at radius 1 is 0.808 bits per heavy atom. The number of fused-ring (bicyclic) bond motifs is 1. The van der Waals surface area contributed by atoms with Crippen LogP contribution in [0.2, 0.25) is 0 Å². The molecule has 4 rings (SSSR count). The molecule has 0 radical (unpaired) electrons. The van der Waals surface area contributed by atoms with Gasteiger partial charge in [-0.05, 0) is 34.0 Å². The van der Waals surface area contributed by atoms with E-state index in [4.69, 9.17) is 9.47 Å². The first-order valence-electron chi connectivity index (χ1n) is 9.36. The molecule has 1 aliphatic heterocycles. The molecule has 26 heavy (non-hydrogen) atoms. The molecule has 3 nitrogen and oxygen atoms in total. The normalized spacial score (nSPS) is 15.2. The molecule has 134 valence electrons. The first-order chi connectivity index (χ1) is 12.9. The minimum Gasteiger partial charge on any atom is -0.493 e. The third-order valence-corrected chi connectivity index (χ3v) is 4.88. The summed E-state index contributed by atoms with van der Waals surface area (Å²) < 4.78 is 11.4. The van der Waals surface area contributed by atoms with Crippen LogP contribution in [0, 0.1) is 0 Å². The topological polar surface area (TPSA) is 21.7 Å². The summed E-state index contributed by atoms with van der Waals surface area (Å²) in [6.45, 7) is 5.34. The second kappa shape index (κ2) is 8.35. The third-order valence-electron chi connectivity index (χ3n) is 4.88. The maximum atomic E-state index is 6.01. The number of morpholine rings is 1. The van der Waals surface area contributed by atoms with Crippen LogP contribution in [0.4, 0.5) is 0 Å². The molecule has 1 heterocycles. The lowest BCUT2D eigenvalue weighted by atomic mass is 10.1. The Bertz CT molecular complexity index is 855. The molecule has 0 aliphatic carbocycles. The Labute approximate surface area is 155 Å². The molecule has 3 aromatic carbocycles. The lowest BCUT2D eigenvalue weighted by Crippen LogP contribution is -2.35. The molecule has 3 aromatic rings. The van der Waals surface area contributed by atoms with Gasteiger partial charge in [-0.3, -0.25) is 4.90 Å². The number of benzene rings is 3. The van der Waals surface area contributed by atoms with Crippen LogP contribution in [-0.2, 0) is 17.7 Å². The summed E-state index contributed by atoms with van der Waals surface area (Å²) in [4.78, 5) is 2.43. The van der Waals surface area contributed by atoms with Crippen LogP contribution in [0.25, 0.3) is 10.8 Å². The zero-order valence-corrected chi connectivity index (χ0v) is 15.1. The van der Waals surface area contributed by atoms with Gasteiger partial charge in [0.1, 0.15) is 5.75 Å². The Balaban J connectivity index is 1.33. The van der Waals surface area contributed by atoms with Crippen molar-refractivity contribution >= 4 is 10.8 Å². The summed E-state index contributed by atoms with van der Waals surface area (Å²) in [6.07, 6.45) is 0.915. The molecule has 0 atom stereocenters. The highest BCUT2D eigenvalue weighted by Crippen LogP contribution is 2.18. The number of hydrogen-bond acceptors (Lipinski definition) is 3. The van der Waals surface area contributed by atoms with Gasteiger partial charge in [0.2, 0.25) is 0 Å². The molecule has 1 aliphatic rings. The fraction of sp³-hybridized carbons (Fsp3) is 0.304. The van der Waals surface area contributed by atoms with Gasteiger partial charge in [-0.25, -0.2) is 0 Å². The van der Waals surface area contributed by atoms with Crippen molar-refractivity contribution in [2.75, 3.05) is 32.9 Å². The van der Waals surface area contributed by atoms with Crippen LogP contribution in [0.1, 0.15) is 11.1 Å². The summed E-state index contributed by atoms with van der Waals surface area (Å²) in [5, 5.41) is 2.57. The molecule has 0 saturated carbocycles. The summed E-state index contributed by atoms with van der Waals surface area (Å²) in [5.41, 5.74) is 2.61. The van der Waals surface area contributed by atoms with E-state index in [1.54, 1.807) is 0 Å². The van der Waals surface area contributed by atoms with Crippen LogP contribution in [0.15, 0.2) is 66.7 Å². The van der Waals surface area contributed by atoms with Crippen molar-refractivity contribution in [1.82, 2.24) is 4.90 Å². The molecule has 0 unspecified atom stereocenters. The van der Waals surface area contributed by atoms with E-state index in [0.717, 1.165) is 45.0 Å². The van der Waals surface area contributed by atoms with Crippen molar-refractivity contribution in [1.29, 1.82) is 0 Å². The summed E-state index contributed by atoms with van der Waals surface area (Å²) in [6, 6.07) is 23.6. The maximum Gasteiger partial charge on any atom is 0.119 e. The van der Waals surface area contributed by atoms with Gasteiger partial charge in [0, 0.05) is 26.1 Å². The molecular formula is C23H25NO2. The SMILES string of the molecule is c1cc(CN2CCOCC2)cc(OCCc2ccc3ccccc3c2)c1. The van der Waals surface area contributed by atoms with E-state index in [9.17, 15) is 0 Å². The summed E-state index contributed by atoms with van der Waals surface area (Å²) in [7, 11) is 0. The van der Waals surface area contributed by atoms with Gasteiger partial charge in [-0.15, -0.1) is 0 Å². The first kappa shape index (κ1) is 17.1. The van der Waals surface area contributed by atoms with E-state index >= 15 is 0 Å². The van der Waals surface area contributed by atoms with E-state index in [-0.39, 0.29) is 0 Å². The van der Waals surface area contributed by atoms with E-state index in [2.05, 4.69) is 65.6 Å². The number of rotatable bonds is 6. The highest BCUT2D eigenvalue weighted by Gasteiger charge is 2.10. The van der Waals surface area contributed by atoms with Gasteiger partial charge < -0.3 is 9.47 Å². The summed E-state index contributed by atoms with van der Waals surface area (Å²) in [5.74, 6) is 0.955. The van der Waals surface area contributed by atoms with Gasteiger partial charge >= 0.3 is 0 Å². The Morgan fingerprint density at radius 3 is 2.54 bits per heavy atom. The summed E-state index contributed by atoms with van der Waals surface area (Å²) >= 11 is 0. The standard InChI is InChI=1S/C23H25NO2/c1-2-6-22-16-19(8-9-21(22)5-1)10-13-26-23-7-3-4-20(17-23)18-24-11-14-25-15-12-24/h1-9,16-17H,10-15,18H2. The third kappa shape index (κ3) is 4.43. The van der Waals surface area contributed by atoms with Crippen LogP contribution < -0.4 is 4.74 Å². The van der Waals surface area contributed by atoms with Gasteiger partial charge in [0.25, 0.3) is 0 Å². The average molecular weight is 347 g/mol. The Hall–Kier alpha value is -2.36. The minimum atomic E-state index is 0.694. The number of ether oxygens (including phenoxy) is 2. The quantitative estimate of drug-likeness (QED) is 0.664. The molecule has 1 fully saturated rings. The van der Waals surface area contributed by atoms with Crippen LogP contribution in [0.5, 0.6) is 5.75 Å². The fourth-order valence-electron chi connectivity index (χ4n) is 3.43. The van der Waals surface area contributed by atoms with Crippen molar-refractivity contribution in [2.24, 2.45) is 0 Å². The molecule has 0 N–H and O–H groups in total. The van der Waals surface area contributed by atoms with Gasteiger partial charge in [0.15, 0.2) is 0 Å². The van der Waals surface area contributed by atoms with E-state index in [1.165, 1.54) is 21.9 Å². The predicted octanol–water partition coefficient (Wildman–Crippen LogP) is 4.29. The van der Waals surface area contributed by atoms with Gasteiger partial charge in [0.05, 0.1) is 19.8 Å². The molecule has 0 aromatic heterocycles. The average Bonchev–Trinajstić information content (AvgIpc) is 2.69. The van der Waals surface area contributed by atoms with Crippen molar-refractivity contribution in [3.63, 3.8) is 0 Å². The highest BCUT2D eigenvalue weighted by molar-refractivity contribution is 5.82. The van der Waals surface area contributed by atoms with Gasteiger partial charge in [-0.2, -0.15) is 0 Å². The van der Waals surface area contributed by atoms with Crippen molar-refractivity contribution in [2.45, 2.75) is 13.0 Å². The predicted molar refractivity (Wildman–Crippen MR) is 106 cm³/mol. The highest BCUT2D eigenvalue weighted by atomic mass is 16.5. The Kier molecular flexibility index (Phi) is 5.48. The smallest absolute Gasteiger partial charge is 0.119 e. The van der Waals surface area contributed by atoms with Crippen molar-refractivity contribution in [3.8, 4) is 5.75 Å². The molecular weight excluding hydrogens is 322 g/mol. The van der Waals surface area contributed by atoms with Crippen molar-refractivity contribution in [3.05, 3.63) is 77.9 Å². The monoisotopic (exact) mass is 347 g/mol. The zero-order chi connectivity index (χ0) is 17.6. The van der Waals surface area contributed by atoms with E-state index in [0.29, 0.717) is 6.61 Å². The lowest BCUT2D eigenvalue weighted by Gasteiger charge is -2.26. The second-order valence-corrected chi connectivity index (χ2v) is 6.82. The number of nitrogens with zero attached hydrogens (tertiary/aromatic N) is 1. The second-order valence-electron chi connectivity index (χ2n) is 6.82. The van der Waals surface area contributed by atoms with Crippen LogP contribution >= 0.6 is 0 Å². The van der Waals surface area contributed by atoms with Crippen LogP contribution in [0.3, 0.4) is 0 Å². The zero-order valence-electron chi connectivity index (χ0n) is 15.1. The molecule has 1 saturated heterocycles. The van der Waals surface area contributed by atoms with Gasteiger partial charge in [-0.1, -0.05) is 54.6 Å². The van der Waals surface area contributed by atoms with E-state index in [1.807, 2.05) is 6.07 Å². The molecule has 0 bridgehead atoms. The maximum absolute atomic E-state index is 6.01. The largest absolute Gasteiger partial charge is 0.493 e. The first-order valence-corrected chi connectivity index (χ1v) is 9.36. The van der Waals surface area contributed by atoms with Crippen molar-refractivity contribution < 1.29 is 9.47 Å². The fourth-order valence-corrected chi connectivity index (χ4v) is 3.43. The lowest BCUT2D eigenvalue weighted by molar-refractivity contribution is 0.0341. The molecule has 3 heteroatoms. The Morgan fingerprint density at radius 2 is 1.65 bits per heavy atom. The molecule has 0 amide bonds. The molecule has 0 spiro atoms.